The average Bonchev–Trinajstić information content (AvgIpc) is 3.17. The Kier molecular flexibility index (Phi) is 5.80. The molecule has 1 saturated heterocycles. The van der Waals surface area contributed by atoms with E-state index in [0.29, 0.717) is 23.8 Å². The highest BCUT2D eigenvalue weighted by Crippen LogP contribution is 2.23. The number of sulfonamides is 1. The van der Waals surface area contributed by atoms with Gasteiger partial charge >= 0.3 is 0 Å². The third-order valence-corrected chi connectivity index (χ3v) is 6.26. The number of hydrogen-bond donors (Lipinski definition) is 2. The van der Waals surface area contributed by atoms with Crippen molar-refractivity contribution in [3.63, 3.8) is 0 Å². The van der Waals surface area contributed by atoms with Crippen LogP contribution in [0.1, 0.15) is 12.8 Å². The fourth-order valence-corrected chi connectivity index (χ4v) is 4.46. The van der Waals surface area contributed by atoms with Crippen molar-refractivity contribution < 1.29 is 13.2 Å². The van der Waals surface area contributed by atoms with Gasteiger partial charge in [-0.1, -0.05) is 17.7 Å². The summed E-state index contributed by atoms with van der Waals surface area (Å²) in [5.41, 5.74) is 1.23. The summed E-state index contributed by atoms with van der Waals surface area (Å²) in [6.45, 7) is 1.15. The zero-order valence-electron chi connectivity index (χ0n) is 14.1. The molecule has 0 saturated carbocycles. The van der Waals surface area contributed by atoms with E-state index in [9.17, 15) is 13.2 Å². The molecule has 2 N–H and O–H groups in total. The lowest BCUT2D eigenvalue weighted by molar-refractivity contribution is -0.114. The molecule has 8 heteroatoms. The molecule has 1 aliphatic rings. The van der Waals surface area contributed by atoms with Gasteiger partial charge < -0.3 is 10.6 Å². The van der Waals surface area contributed by atoms with Gasteiger partial charge in [-0.25, -0.2) is 8.42 Å². The van der Waals surface area contributed by atoms with Gasteiger partial charge in [-0.05, 0) is 55.3 Å². The van der Waals surface area contributed by atoms with Gasteiger partial charge in [0.15, 0.2) is 0 Å². The summed E-state index contributed by atoms with van der Waals surface area (Å²) in [7, 11) is -3.50. The van der Waals surface area contributed by atoms with Crippen molar-refractivity contribution >= 4 is 38.9 Å². The lowest BCUT2D eigenvalue weighted by Gasteiger charge is -2.16. The Balaban J connectivity index is 1.62. The van der Waals surface area contributed by atoms with E-state index in [0.717, 1.165) is 18.5 Å². The summed E-state index contributed by atoms with van der Waals surface area (Å²) in [6, 6.07) is 13.4. The molecule has 0 aliphatic carbocycles. The first-order valence-corrected chi connectivity index (χ1v) is 10.2. The first-order chi connectivity index (χ1) is 12.4. The minimum absolute atomic E-state index is 0.0603. The molecular weight excluding hydrogens is 374 g/mol. The van der Waals surface area contributed by atoms with Crippen LogP contribution in [0, 0.1) is 0 Å². The maximum atomic E-state index is 12.6. The van der Waals surface area contributed by atoms with Crippen molar-refractivity contribution in [1.29, 1.82) is 0 Å². The van der Waals surface area contributed by atoms with Gasteiger partial charge in [0.25, 0.3) is 0 Å². The third-order valence-electron chi connectivity index (χ3n) is 4.12. The summed E-state index contributed by atoms with van der Waals surface area (Å²) >= 11 is 5.82. The number of anilines is 2. The van der Waals surface area contributed by atoms with Crippen LogP contribution in [0.3, 0.4) is 0 Å². The zero-order chi connectivity index (χ0) is 18.6. The highest BCUT2D eigenvalue weighted by Gasteiger charge is 2.27. The Labute approximate surface area is 158 Å². The van der Waals surface area contributed by atoms with Crippen molar-refractivity contribution in [2.24, 2.45) is 0 Å². The number of halogens is 1. The van der Waals surface area contributed by atoms with Crippen LogP contribution in [0.4, 0.5) is 11.4 Å². The van der Waals surface area contributed by atoms with Crippen LogP contribution in [-0.4, -0.2) is 38.3 Å². The second-order valence-electron chi connectivity index (χ2n) is 6.05. The molecule has 1 fully saturated rings. The van der Waals surface area contributed by atoms with Gasteiger partial charge in [-0.2, -0.15) is 4.31 Å². The topological polar surface area (TPSA) is 78.5 Å². The van der Waals surface area contributed by atoms with Crippen LogP contribution >= 0.6 is 11.6 Å². The van der Waals surface area contributed by atoms with Gasteiger partial charge in [0.05, 0.1) is 11.4 Å². The van der Waals surface area contributed by atoms with E-state index >= 15 is 0 Å². The van der Waals surface area contributed by atoms with E-state index < -0.39 is 10.0 Å². The molecule has 0 atom stereocenters. The van der Waals surface area contributed by atoms with Crippen molar-refractivity contribution in [3.8, 4) is 0 Å². The molecule has 2 aromatic carbocycles. The van der Waals surface area contributed by atoms with Crippen LogP contribution in [0.5, 0.6) is 0 Å². The quantitative estimate of drug-likeness (QED) is 0.790. The number of rotatable bonds is 6. The largest absolute Gasteiger partial charge is 0.376 e. The Morgan fingerprint density at radius 1 is 1.04 bits per heavy atom. The molecule has 0 radical (unpaired) electrons. The average molecular weight is 394 g/mol. The second-order valence-corrected chi connectivity index (χ2v) is 8.42. The van der Waals surface area contributed by atoms with Crippen LogP contribution < -0.4 is 10.6 Å². The lowest BCUT2D eigenvalue weighted by atomic mass is 10.3. The van der Waals surface area contributed by atoms with Gasteiger partial charge in [0.1, 0.15) is 0 Å². The third kappa shape index (κ3) is 4.55. The number of carbonyl (C=O) groups is 1. The van der Waals surface area contributed by atoms with Crippen molar-refractivity contribution in [2.75, 3.05) is 30.3 Å². The van der Waals surface area contributed by atoms with E-state index in [1.54, 1.807) is 42.5 Å². The molecule has 0 unspecified atom stereocenters. The van der Waals surface area contributed by atoms with Gasteiger partial charge in [-0.3, -0.25) is 4.79 Å². The molecule has 1 amide bonds. The lowest BCUT2D eigenvalue weighted by Crippen LogP contribution is -2.28. The first kappa shape index (κ1) is 18.7. The van der Waals surface area contributed by atoms with E-state index in [1.165, 1.54) is 10.4 Å². The number of amides is 1. The number of nitrogens with zero attached hydrogens (tertiary/aromatic N) is 1. The van der Waals surface area contributed by atoms with Crippen molar-refractivity contribution in [2.45, 2.75) is 17.7 Å². The van der Waals surface area contributed by atoms with Crippen LogP contribution in [0.15, 0.2) is 53.4 Å². The molecule has 1 heterocycles. The minimum Gasteiger partial charge on any atom is -0.376 e. The standard InChI is InChI=1S/C18H20ClN3O3S/c19-14-6-8-15(9-7-14)20-13-18(23)21-16-4-3-5-17(12-16)26(24,25)22-10-1-2-11-22/h3-9,12,20H,1-2,10-11,13H2,(H,21,23). The van der Waals surface area contributed by atoms with E-state index in [1.807, 2.05) is 0 Å². The molecule has 26 heavy (non-hydrogen) atoms. The maximum absolute atomic E-state index is 12.6. The molecular formula is C18H20ClN3O3S. The molecule has 0 aromatic heterocycles. The minimum atomic E-state index is -3.50. The molecule has 1 aliphatic heterocycles. The zero-order valence-corrected chi connectivity index (χ0v) is 15.7. The maximum Gasteiger partial charge on any atom is 0.243 e. The van der Waals surface area contributed by atoms with Crippen molar-refractivity contribution in [1.82, 2.24) is 4.31 Å². The monoisotopic (exact) mass is 393 g/mol. The smallest absolute Gasteiger partial charge is 0.243 e. The number of benzene rings is 2. The summed E-state index contributed by atoms with van der Waals surface area (Å²) in [5, 5.41) is 6.32. The summed E-state index contributed by atoms with van der Waals surface area (Å²) in [6.07, 6.45) is 1.76. The first-order valence-electron chi connectivity index (χ1n) is 8.35. The molecule has 6 nitrogen and oxygen atoms in total. The fourth-order valence-electron chi connectivity index (χ4n) is 2.77. The van der Waals surface area contributed by atoms with Crippen molar-refractivity contribution in [3.05, 3.63) is 53.6 Å². The fraction of sp³-hybridized carbons (Fsp3) is 0.278. The number of nitrogens with one attached hydrogen (secondary N) is 2. The molecule has 0 bridgehead atoms. The van der Waals surface area contributed by atoms with Gasteiger partial charge in [-0.15, -0.1) is 0 Å². The van der Waals surface area contributed by atoms with E-state index in [-0.39, 0.29) is 17.3 Å². The van der Waals surface area contributed by atoms with E-state index in [2.05, 4.69) is 10.6 Å². The molecule has 3 rings (SSSR count). The van der Waals surface area contributed by atoms with Gasteiger partial charge in [0.2, 0.25) is 15.9 Å². The molecule has 2 aromatic rings. The summed E-state index contributed by atoms with van der Waals surface area (Å²) < 4.78 is 26.7. The molecule has 138 valence electrons. The van der Waals surface area contributed by atoms with Crippen LogP contribution in [-0.2, 0) is 14.8 Å². The Morgan fingerprint density at radius 3 is 2.42 bits per heavy atom. The van der Waals surface area contributed by atoms with E-state index in [4.69, 9.17) is 11.6 Å². The Hall–Kier alpha value is -2.09. The Bertz CT molecular complexity index is 879. The van der Waals surface area contributed by atoms with Crippen LogP contribution in [0.25, 0.3) is 0 Å². The van der Waals surface area contributed by atoms with Gasteiger partial charge in [0, 0.05) is 29.5 Å². The molecule has 0 spiro atoms. The van der Waals surface area contributed by atoms with Crippen LogP contribution in [0.2, 0.25) is 5.02 Å². The number of hydrogen-bond acceptors (Lipinski definition) is 4. The summed E-state index contributed by atoms with van der Waals surface area (Å²) in [5.74, 6) is -0.268. The highest BCUT2D eigenvalue weighted by molar-refractivity contribution is 7.89. The SMILES string of the molecule is O=C(CNc1ccc(Cl)cc1)Nc1cccc(S(=O)(=O)N2CCCC2)c1. The summed E-state index contributed by atoms with van der Waals surface area (Å²) in [4.78, 5) is 12.3. The predicted octanol–water partition coefficient (Wildman–Crippen LogP) is 3.18. The highest BCUT2D eigenvalue weighted by atomic mass is 35.5. The second kappa shape index (κ2) is 8.07. The Morgan fingerprint density at radius 2 is 1.73 bits per heavy atom. The normalized spacial score (nSPS) is 15.0. The number of carbonyl (C=O) groups excluding carboxylic acids is 1. The predicted molar refractivity (Wildman–Crippen MR) is 103 cm³/mol.